The third-order valence-corrected chi connectivity index (χ3v) is 5.74. The first-order chi connectivity index (χ1) is 14.6. The van der Waals surface area contributed by atoms with Crippen molar-refractivity contribution in [2.75, 3.05) is 24.2 Å². The van der Waals surface area contributed by atoms with E-state index in [9.17, 15) is 21.6 Å². The van der Waals surface area contributed by atoms with E-state index in [1.165, 1.54) is 24.4 Å². The van der Waals surface area contributed by atoms with Crippen molar-refractivity contribution in [3.05, 3.63) is 48.5 Å². The lowest BCUT2D eigenvalue weighted by molar-refractivity contribution is -0.137. The van der Waals surface area contributed by atoms with Gasteiger partial charge in [0.15, 0.2) is 0 Å². The number of anilines is 1. The minimum absolute atomic E-state index is 0.227. The van der Waals surface area contributed by atoms with E-state index in [0.29, 0.717) is 24.7 Å². The summed E-state index contributed by atoms with van der Waals surface area (Å²) in [5, 5.41) is -0.372. The molecule has 163 valence electrons. The van der Waals surface area contributed by atoms with Crippen molar-refractivity contribution in [3.63, 3.8) is 0 Å². The van der Waals surface area contributed by atoms with E-state index in [1.807, 2.05) is 4.90 Å². The molecule has 0 spiro atoms. The molecule has 0 saturated carbocycles. The third-order valence-electron chi connectivity index (χ3n) is 4.88. The van der Waals surface area contributed by atoms with Crippen LogP contribution in [0.25, 0.3) is 22.6 Å². The summed E-state index contributed by atoms with van der Waals surface area (Å²) in [6.45, 7) is 1.43. The Labute approximate surface area is 177 Å². The van der Waals surface area contributed by atoms with Crippen LogP contribution in [0.4, 0.5) is 19.1 Å². The summed E-state index contributed by atoms with van der Waals surface area (Å²) >= 11 is 0. The van der Waals surface area contributed by atoms with Crippen LogP contribution in [0.5, 0.6) is 0 Å². The summed E-state index contributed by atoms with van der Waals surface area (Å²) in [7, 11) is -3.67. The predicted octanol–water partition coefficient (Wildman–Crippen LogP) is 3.76. The molecular formula is C20H19F3N5O2S. The van der Waals surface area contributed by atoms with Crippen LogP contribution in [0.2, 0.25) is 0 Å². The molecule has 1 radical (unpaired) electrons. The molecule has 1 aliphatic heterocycles. The molecule has 11 heteroatoms. The topological polar surface area (TPSA) is 91.8 Å². The zero-order valence-electron chi connectivity index (χ0n) is 16.5. The summed E-state index contributed by atoms with van der Waals surface area (Å²) < 4.78 is 63.6. The summed E-state index contributed by atoms with van der Waals surface area (Å²) in [6, 6.07) is 6.35. The molecule has 1 aromatic carbocycles. The Hall–Kier alpha value is -2.95. The molecule has 4 rings (SSSR count). The summed E-state index contributed by atoms with van der Waals surface area (Å²) in [5.74, 6) is 0.495. The van der Waals surface area contributed by atoms with Crippen molar-refractivity contribution < 1.29 is 21.6 Å². The van der Waals surface area contributed by atoms with Gasteiger partial charge in [-0.15, -0.1) is 0 Å². The maximum Gasteiger partial charge on any atom is 0.416 e. The van der Waals surface area contributed by atoms with E-state index in [2.05, 4.69) is 26.4 Å². The highest BCUT2D eigenvalue weighted by atomic mass is 32.2. The van der Waals surface area contributed by atoms with E-state index in [0.717, 1.165) is 31.2 Å². The Morgan fingerprint density at radius 2 is 1.84 bits per heavy atom. The number of nitrogens with one attached hydrogen (secondary N) is 1. The molecule has 2 aromatic heterocycles. The Balaban J connectivity index is 1.87. The van der Waals surface area contributed by atoms with Crippen molar-refractivity contribution in [1.82, 2.24) is 19.9 Å². The average molecular weight is 450 g/mol. The first-order valence-electron chi connectivity index (χ1n) is 9.50. The highest BCUT2D eigenvalue weighted by Crippen LogP contribution is 2.36. The Morgan fingerprint density at radius 1 is 1.10 bits per heavy atom. The number of alkyl halides is 3. The molecule has 1 fully saturated rings. The van der Waals surface area contributed by atoms with Crippen molar-refractivity contribution in [2.24, 2.45) is 0 Å². The maximum absolute atomic E-state index is 13.3. The fraction of sp³-hybridized carbons (Fsp3) is 0.300. The smallest absolute Gasteiger partial charge is 0.342 e. The minimum atomic E-state index is -4.50. The molecule has 7 nitrogen and oxygen atoms in total. The molecule has 0 unspecified atom stereocenters. The van der Waals surface area contributed by atoms with Crippen LogP contribution in [0, 0.1) is 6.42 Å². The molecular weight excluding hydrogens is 431 g/mol. The first kappa shape index (κ1) is 21.3. The standard InChI is InChI=1S/C20H19F3N5O2S/c1-31(29,30)19-24-9-8-15(25-19)17-16(13-6-5-7-14(12-13)20(21,22)23)26-18(27-17)28-10-3-2-4-11-28/h2,5-9,12H,3-4,10-11H2,1H3,(H,26,27). The number of hydrogen-bond acceptors (Lipinski definition) is 6. The van der Waals surface area contributed by atoms with E-state index in [-0.39, 0.29) is 22.1 Å². The van der Waals surface area contributed by atoms with E-state index < -0.39 is 21.6 Å². The number of halogens is 3. The highest BCUT2D eigenvalue weighted by Gasteiger charge is 2.31. The molecule has 1 N–H and O–H groups in total. The van der Waals surface area contributed by atoms with Gasteiger partial charge in [0.2, 0.25) is 20.9 Å². The van der Waals surface area contributed by atoms with Crippen molar-refractivity contribution in [3.8, 4) is 22.6 Å². The molecule has 0 atom stereocenters. The molecule has 31 heavy (non-hydrogen) atoms. The second-order valence-electron chi connectivity index (χ2n) is 7.21. The predicted molar refractivity (Wildman–Crippen MR) is 109 cm³/mol. The largest absolute Gasteiger partial charge is 0.416 e. The number of aromatic nitrogens is 4. The van der Waals surface area contributed by atoms with Crippen molar-refractivity contribution >= 4 is 15.8 Å². The zero-order chi connectivity index (χ0) is 22.2. The summed E-state index contributed by atoms with van der Waals surface area (Å²) in [4.78, 5) is 17.6. The van der Waals surface area contributed by atoms with Crippen molar-refractivity contribution in [2.45, 2.75) is 24.2 Å². The SMILES string of the molecule is CS(=O)(=O)c1nccc(-c2[nH]c(N3CC[CH]CC3)nc2-c2cccc(C(F)(F)F)c2)n1. The molecule has 3 heterocycles. The van der Waals surface area contributed by atoms with E-state index >= 15 is 0 Å². The summed E-state index contributed by atoms with van der Waals surface area (Å²) in [5.41, 5.74) is 0.262. The van der Waals surface area contributed by atoms with Crippen LogP contribution in [0.3, 0.4) is 0 Å². The van der Waals surface area contributed by atoms with Gasteiger partial charge in [0.05, 0.1) is 22.6 Å². The number of rotatable bonds is 4. The van der Waals surface area contributed by atoms with Crippen LogP contribution in [-0.2, 0) is 16.0 Å². The molecule has 0 amide bonds. The fourth-order valence-corrected chi connectivity index (χ4v) is 3.88. The van der Waals surface area contributed by atoms with Gasteiger partial charge < -0.3 is 9.88 Å². The number of imidazole rings is 1. The van der Waals surface area contributed by atoms with Gasteiger partial charge in [-0.3, -0.25) is 0 Å². The van der Waals surface area contributed by atoms with Crippen LogP contribution in [-0.4, -0.2) is 47.7 Å². The number of benzene rings is 1. The number of hydrogen-bond donors (Lipinski definition) is 1. The maximum atomic E-state index is 13.3. The molecule has 3 aromatic rings. The highest BCUT2D eigenvalue weighted by molar-refractivity contribution is 7.90. The molecule has 0 bridgehead atoms. The second-order valence-corrected chi connectivity index (χ2v) is 9.12. The van der Waals surface area contributed by atoms with Crippen LogP contribution in [0.15, 0.2) is 41.7 Å². The number of aromatic amines is 1. The average Bonchev–Trinajstić information content (AvgIpc) is 3.19. The van der Waals surface area contributed by atoms with Gasteiger partial charge >= 0.3 is 6.18 Å². The van der Waals surface area contributed by atoms with Crippen molar-refractivity contribution in [1.29, 1.82) is 0 Å². The molecule has 1 aliphatic rings. The van der Waals surface area contributed by atoms with E-state index in [1.54, 1.807) is 0 Å². The van der Waals surface area contributed by atoms with Gasteiger partial charge in [0, 0.05) is 31.1 Å². The first-order valence-corrected chi connectivity index (χ1v) is 11.4. The molecule has 0 aliphatic carbocycles. The number of sulfone groups is 1. The molecule has 1 saturated heterocycles. The quantitative estimate of drug-likeness (QED) is 0.609. The fourth-order valence-electron chi connectivity index (χ4n) is 3.37. The lowest BCUT2D eigenvalue weighted by Gasteiger charge is -2.25. The lowest BCUT2D eigenvalue weighted by Crippen LogP contribution is -2.30. The Morgan fingerprint density at radius 3 is 2.52 bits per heavy atom. The van der Waals surface area contributed by atoms with Crippen LogP contribution < -0.4 is 4.90 Å². The van der Waals surface area contributed by atoms with Gasteiger partial charge in [-0.1, -0.05) is 12.1 Å². The minimum Gasteiger partial charge on any atom is -0.342 e. The van der Waals surface area contributed by atoms with Gasteiger partial charge in [-0.05, 0) is 37.5 Å². The monoisotopic (exact) mass is 450 g/mol. The van der Waals surface area contributed by atoms with Gasteiger partial charge in [0.1, 0.15) is 0 Å². The summed E-state index contributed by atoms with van der Waals surface area (Å²) in [6.07, 6.45) is 1.67. The number of H-pyrrole nitrogens is 1. The van der Waals surface area contributed by atoms with Gasteiger partial charge in [-0.25, -0.2) is 23.4 Å². The van der Waals surface area contributed by atoms with Gasteiger partial charge in [-0.2, -0.15) is 13.2 Å². The number of nitrogens with zero attached hydrogens (tertiary/aromatic N) is 4. The third kappa shape index (κ3) is 4.55. The van der Waals surface area contributed by atoms with E-state index in [4.69, 9.17) is 0 Å². The number of piperidine rings is 1. The van der Waals surface area contributed by atoms with Gasteiger partial charge in [0.25, 0.3) is 0 Å². The second kappa shape index (κ2) is 7.95. The van der Waals surface area contributed by atoms with Crippen LogP contribution in [0.1, 0.15) is 18.4 Å². The zero-order valence-corrected chi connectivity index (χ0v) is 17.3. The Kier molecular flexibility index (Phi) is 5.46. The lowest BCUT2D eigenvalue weighted by atomic mass is 10.1. The Bertz CT molecular complexity index is 1200. The van der Waals surface area contributed by atoms with Crippen LogP contribution >= 0.6 is 0 Å². The normalized spacial score (nSPS) is 15.3.